The second-order valence-electron chi connectivity index (χ2n) is 4.55. The number of carbonyl (C=O) groups is 1. The number of pyridine rings is 1. The first-order valence-corrected chi connectivity index (χ1v) is 6.48. The second-order valence-corrected chi connectivity index (χ2v) is 4.91. The normalized spacial score (nSPS) is 20.7. The van der Waals surface area contributed by atoms with E-state index >= 15 is 0 Å². The largest absolute Gasteiger partial charge is 0.469 e. The summed E-state index contributed by atoms with van der Waals surface area (Å²) in [5.74, 6) is -0.129. The Kier molecular flexibility index (Phi) is 4.55. The molecule has 1 aromatic heterocycles. The van der Waals surface area contributed by atoms with Gasteiger partial charge in [0, 0.05) is 24.8 Å². The summed E-state index contributed by atoms with van der Waals surface area (Å²) in [6.07, 6.45) is 3.60. The van der Waals surface area contributed by atoms with Crippen LogP contribution in [0.1, 0.15) is 18.4 Å². The molecule has 0 saturated carbocycles. The third kappa shape index (κ3) is 3.21. The van der Waals surface area contributed by atoms with Crippen LogP contribution in [0.2, 0.25) is 5.15 Å². The van der Waals surface area contributed by atoms with E-state index in [1.54, 1.807) is 6.20 Å². The van der Waals surface area contributed by atoms with Gasteiger partial charge in [-0.3, -0.25) is 9.69 Å². The molecule has 0 N–H and O–H groups in total. The second kappa shape index (κ2) is 6.16. The Morgan fingerprint density at radius 1 is 1.67 bits per heavy atom. The fourth-order valence-corrected chi connectivity index (χ4v) is 2.52. The molecule has 0 spiro atoms. The smallest absolute Gasteiger partial charge is 0.309 e. The molecule has 1 aliphatic heterocycles. The lowest BCUT2D eigenvalue weighted by molar-refractivity contribution is -0.147. The lowest BCUT2D eigenvalue weighted by Gasteiger charge is -2.31. The van der Waals surface area contributed by atoms with Crippen LogP contribution in [0, 0.1) is 5.92 Å². The van der Waals surface area contributed by atoms with Gasteiger partial charge in [-0.1, -0.05) is 17.7 Å². The molecule has 0 bridgehead atoms. The van der Waals surface area contributed by atoms with Crippen molar-refractivity contribution in [2.75, 3.05) is 20.2 Å². The molecule has 0 aromatic carbocycles. The number of hydrogen-bond acceptors (Lipinski definition) is 4. The minimum absolute atomic E-state index is 0.0146. The molecule has 1 aliphatic rings. The first-order chi connectivity index (χ1) is 8.70. The van der Waals surface area contributed by atoms with E-state index in [1.165, 1.54) is 7.11 Å². The Morgan fingerprint density at radius 3 is 3.22 bits per heavy atom. The minimum Gasteiger partial charge on any atom is -0.469 e. The predicted molar refractivity (Wildman–Crippen MR) is 69.3 cm³/mol. The van der Waals surface area contributed by atoms with Crippen LogP contribution in [0.3, 0.4) is 0 Å². The third-order valence-corrected chi connectivity index (χ3v) is 3.61. The first kappa shape index (κ1) is 13.3. The number of hydrogen-bond donors (Lipinski definition) is 0. The van der Waals surface area contributed by atoms with Gasteiger partial charge < -0.3 is 4.74 Å². The third-order valence-electron chi connectivity index (χ3n) is 3.27. The number of carbonyl (C=O) groups excluding carboxylic acids is 1. The summed E-state index contributed by atoms with van der Waals surface area (Å²) in [5, 5.41) is 0.540. The van der Waals surface area contributed by atoms with Crippen LogP contribution in [0.4, 0.5) is 0 Å². The number of nitrogens with zero attached hydrogens (tertiary/aromatic N) is 2. The van der Waals surface area contributed by atoms with Gasteiger partial charge >= 0.3 is 5.97 Å². The Labute approximate surface area is 112 Å². The van der Waals surface area contributed by atoms with Crippen molar-refractivity contribution >= 4 is 17.6 Å². The van der Waals surface area contributed by atoms with Crippen molar-refractivity contribution in [3.8, 4) is 0 Å². The highest BCUT2D eigenvalue weighted by molar-refractivity contribution is 6.30. The fourth-order valence-electron chi connectivity index (χ4n) is 2.34. The molecule has 2 heterocycles. The summed E-state index contributed by atoms with van der Waals surface area (Å²) in [5.41, 5.74) is 1.00. The predicted octanol–water partition coefficient (Wildman–Crippen LogP) is 2.12. The van der Waals surface area contributed by atoms with Gasteiger partial charge in [0.2, 0.25) is 0 Å². The summed E-state index contributed by atoms with van der Waals surface area (Å²) in [6, 6.07) is 3.85. The lowest BCUT2D eigenvalue weighted by atomic mass is 9.98. The maximum absolute atomic E-state index is 11.5. The highest BCUT2D eigenvalue weighted by atomic mass is 35.5. The topological polar surface area (TPSA) is 42.4 Å². The van der Waals surface area contributed by atoms with Crippen LogP contribution >= 0.6 is 11.6 Å². The molecule has 1 atom stereocenters. The summed E-state index contributed by atoms with van der Waals surface area (Å²) < 4.78 is 4.81. The van der Waals surface area contributed by atoms with E-state index in [1.807, 2.05) is 12.1 Å². The summed E-state index contributed by atoms with van der Waals surface area (Å²) >= 11 is 6.04. The van der Waals surface area contributed by atoms with Gasteiger partial charge in [-0.2, -0.15) is 0 Å². The number of halogens is 1. The van der Waals surface area contributed by atoms with Crippen molar-refractivity contribution in [1.29, 1.82) is 0 Å². The van der Waals surface area contributed by atoms with Crippen molar-refractivity contribution in [2.24, 2.45) is 5.92 Å². The quantitative estimate of drug-likeness (QED) is 0.622. The van der Waals surface area contributed by atoms with Gasteiger partial charge in [-0.25, -0.2) is 4.98 Å². The standard InChI is InChI=1S/C13H17ClN2O2/c1-18-13(17)11-5-3-7-16(9-11)8-10-4-2-6-15-12(10)14/h2,4,6,11H,3,5,7-9H2,1H3. The number of ether oxygens (including phenoxy) is 1. The van der Waals surface area contributed by atoms with Crippen molar-refractivity contribution < 1.29 is 9.53 Å². The molecular weight excluding hydrogens is 252 g/mol. The van der Waals surface area contributed by atoms with Gasteiger partial charge in [-0.05, 0) is 25.5 Å². The molecular formula is C13H17ClN2O2. The molecule has 4 nitrogen and oxygen atoms in total. The van der Waals surface area contributed by atoms with Crippen molar-refractivity contribution in [3.63, 3.8) is 0 Å². The van der Waals surface area contributed by atoms with E-state index in [-0.39, 0.29) is 11.9 Å². The molecule has 1 aromatic rings. The lowest BCUT2D eigenvalue weighted by Crippen LogP contribution is -2.38. The number of methoxy groups -OCH3 is 1. The average Bonchev–Trinajstić information content (AvgIpc) is 2.41. The first-order valence-electron chi connectivity index (χ1n) is 6.10. The molecule has 0 radical (unpaired) electrons. The maximum Gasteiger partial charge on any atom is 0.309 e. The zero-order valence-electron chi connectivity index (χ0n) is 10.4. The Balaban J connectivity index is 1.98. The monoisotopic (exact) mass is 268 g/mol. The Hall–Kier alpha value is -1.13. The van der Waals surface area contributed by atoms with E-state index in [2.05, 4.69) is 9.88 Å². The van der Waals surface area contributed by atoms with E-state index in [9.17, 15) is 4.79 Å². The molecule has 1 fully saturated rings. The molecule has 1 unspecified atom stereocenters. The van der Waals surface area contributed by atoms with Crippen LogP contribution < -0.4 is 0 Å². The van der Waals surface area contributed by atoms with Gasteiger partial charge in [0.25, 0.3) is 0 Å². The van der Waals surface area contributed by atoms with E-state index in [4.69, 9.17) is 16.3 Å². The van der Waals surface area contributed by atoms with Crippen LogP contribution in [0.25, 0.3) is 0 Å². The van der Waals surface area contributed by atoms with E-state index in [0.717, 1.165) is 38.0 Å². The highest BCUT2D eigenvalue weighted by Gasteiger charge is 2.26. The molecule has 98 valence electrons. The van der Waals surface area contributed by atoms with Gasteiger partial charge in [0.1, 0.15) is 5.15 Å². The van der Waals surface area contributed by atoms with Crippen molar-refractivity contribution in [2.45, 2.75) is 19.4 Å². The SMILES string of the molecule is COC(=O)C1CCCN(Cc2cccnc2Cl)C1. The van der Waals surface area contributed by atoms with Crippen LogP contribution in [0.5, 0.6) is 0 Å². The zero-order valence-corrected chi connectivity index (χ0v) is 11.2. The fraction of sp³-hybridized carbons (Fsp3) is 0.538. The van der Waals surface area contributed by atoms with Crippen molar-refractivity contribution in [3.05, 3.63) is 29.0 Å². The molecule has 5 heteroatoms. The number of piperidine rings is 1. The number of aromatic nitrogens is 1. The molecule has 0 aliphatic carbocycles. The zero-order chi connectivity index (χ0) is 13.0. The number of rotatable bonds is 3. The van der Waals surface area contributed by atoms with Gasteiger partial charge in [-0.15, -0.1) is 0 Å². The Morgan fingerprint density at radius 2 is 2.50 bits per heavy atom. The van der Waals surface area contributed by atoms with E-state index in [0.29, 0.717) is 5.15 Å². The number of likely N-dealkylation sites (tertiary alicyclic amines) is 1. The molecule has 18 heavy (non-hydrogen) atoms. The van der Waals surface area contributed by atoms with Crippen molar-refractivity contribution in [1.82, 2.24) is 9.88 Å². The highest BCUT2D eigenvalue weighted by Crippen LogP contribution is 2.21. The number of esters is 1. The molecule has 2 rings (SSSR count). The molecule has 0 amide bonds. The van der Waals surface area contributed by atoms with Crippen LogP contribution in [-0.2, 0) is 16.1 Å². The maximum atomic E-state index is 11.5. The Bertz CT molecular complexity index is 425. The minimum atomic E-state index is -0.114. The summed E-state index contributed by atoms with van der Waals surface area (Å²) in [7, 11) is 1.44. The molecule has 1 saturated heterocycles. The summed E-state index contributed by atoms with van der Waals surface area (Å²) in [6.45, 7) is 2.46. The van der Waals surface area contributed by atoms with Gasteiger partial charge in [0.15, 0.2) is 0 Å². The van der Waals surface area contributed by atoms with Crippen LogP contribution in [0.15, 0.2) is 18.3 Å². The van der Waals surface area contributed by atoms with E-state index < -0.39 is 0 Å². The summed E-state index contributed by atoms with van der Waals surface area (Å²) in [4.78, 5) is 17.8. The van der Waals surface area contributed by atoms with Gasteiger partial charge in [0.05, 0.1) is 13.0 Å². The average molecular weight is 269 g/mol. The van der Waals surface area contributed by atoms with Crippen LogP contribution in [-0.4, -0.2) is 36.1 Å².